The molecule has 0 spiro atoms. The van der Waals surface area contributed by atoms with Crippen LogP contribution in [-0.2, 0) is 4.79 Å². The first-order valence-electron chi connectivity index (χ1n) is 7.53. The monoisotopic (exact) mass is 283 g/mol. The first-order valence-corrected chi connectivity index (χ1v) is 7.53. The van der Waals surface area contributed by atoms with E-state index >= 15 is 0 Å². The fraction of sp³-hybridized carbons (Fsp3) is 0.857. The average Bonchev–Trinajstić information content (AvgIpc) is 2.79. The van der Waals surface area contributed by atoms with Crippen molar-refractivity contribution >= 4 is 12.0 Å². The number of carbonyl (C=O) groups is 2. The van der Waals surface area contributed by atoms with E-state index in [4.69, 9.17) is 5.11 Å². The molecule has 20 heavy (non-hydrogen) atoms. The molecule has 0 radical (unpaired) electrons. The number of piperidine rings is 1. The summed E-state index contributed by atoms with van der Waals surface area (Å²) in [5.41, 5.74) is 0. The first-order chi connectivity index (χ1) is 9.49. The molecule has 3 atom stereocenters. The molecule has 0 aromatic rings. The maximum absolute atomic E-state index is 12.0. The Bertz CT molecular complexity index is 373. The lowest BCUT2D eigenvalue weighted by atomic mass is 9.99. The topological polar surface area (TPSA) is 81.7 Å². The van der Waals surface area contributed by atoms with Crippen LogP contribution in [0.25, 0.3) is 0 Å². The number of amides is 2. The summed E-state index contributed by atoms with van der Waals surface area (Å²) in [6.45, 7) is 5.73. The Morgan fingerprint density at radius 1 is 1.20 bits per heavy atom. The molecule has 114 valence electrons. The van der Waals surface area contributed by atoms with Crippen LogP contribution < -0.4 is 10.6 Å². The number of nitrogens with one attached hydrogen (secondary N) is 2. The maximum Gasteiger partial charge on any atom is 0.326 e. The van der Waals surface area contributed by atoms with Crippen molar-refractivity contribution in [2.75, 3.05) is 13.1 Å². The summed E-state index contributed by atoms with van der Waals surface area (Å²) in [6.07, 6.45) is 4.53. The fourth-order valence-electron chi connectivity index (χ4n) is 3.28. The van der Waals surface area contributed by atoms with Gasteiger partial charge in [0.1, 0.15) is 6.04 Å². The zero-order valence-electron chi connectivity index (χ0n) is 12.3. The smallest absolute Gasteiger partial charge is 0.326 e. The van der Waals surface area contributed by atoms with Gasteiger partial charge in [0.2, 0.25) is 0 Å². The van der Waals surface area contributed by atoms with Gasteiger partial charge in [0, 0.05) is 18.6 Å². The quantitative estimate of drug-likeness (QED) is 0.719. The minimum atomic E-state index is -0.985. The highest BCUT2D eigenvalue weighted by Crippen LogP contribution is 2.27. The van der Waals surface area contributed by atoms with E-state index in [2.05, 4.69) is 15.5 Å². The number of hydrogen-bond donors (Lipinski definition) is 3. The van der Waals surface area contributed by atoms with Crippen molar-refractivity contribution in [2.24, 2.45) is 5.92 Å². The van der Waals surface area contributed by atoms with Crippen LogP contribution in [0.2, 0.25) is 0 Å². The summed E-state index contributed by atoms with van der Waals surface area (Å²) in [7, 11) is 0. The number of fused-ring (bicyclic) bond motifs is 1. The molecule has 2 heterocycles. The maximum atomic E-state index is 12.0. The molecule has 6 nitrogen and oxygen atoms in total. The fourth-order valence-corrected chi connectivity index (χ4v) is 3.28. The minimum Gasteiger partial charge on any atom is -0.480 e. The van der Waals surface area contributed by atoms with Crippen LogP contribution in [0.15, 0.2) is 0 Å². The third kappa shape index (κ3) is 3.42. The van der Waals surface area contributed by atoms with Gasteiger partial charge in [0.05, 0.1) is 0 Å². The van der Waals surface area contributed by atoms with Crippen molar-refractivity contribution in [1.82, 2.24) is 15.5 Å². The van der Waals surface area contributed by atoms with Crippen molar-refractivity contribution in [2.45, 2.75) is 57.7 Å². The molecule has 2 aliphatic rings. The number of carbonyl (C=O) groups excluding carboxylic acids is 1. The lowest BCUT2D eigenvalue weighted by Crippen LogP contribution is -2.54. The van der Waals surface area contributed by atoms with Crippen molar-refractivity contribution in [3.8, 4) is 0 Å². The Morgan fingerprint density at radius 2 is 1.95 bits per heavy atom. The largest absolute Gasteiger partial charge is 0.480 e. The Labute approximate surface area is 119 Å². The molecule has 0 saturated carbocycles. The lowest BCUT2D eigenvalue weighted by molar-refractivity contribution is -0.140. The van der Waals surface area contributed by atoms with Crippen LogP contribution in [0.4, 0.5) is 4.79 Å². The molecule has 2 amide bonds. The number of rotatable bonds is 4. The van der Waals surface area contributed by atoms with Crippen molar-refractivity contribution < 1.29 is 14.7 Å². The second-order valence-corrected chi connectivity index (χ2v) is 6.17. The van der Waals surface area contributed by atoms with Gasteiger partial charge in [-0.15, -0.1) is 0 Å². The third-order valence-corrected chi connectivity index (χ3v) is 4.39. The van der Waals surface area contributed by atoms with Gasteiger partial charge in [0.15, 0.2) is 0 Å². The highest BCUT2D eigenvalue weighted by Gasteiger charge is 2.36. The molecule has 0 bridgehead atoms. The second-order valence-electron chi connectivity index (χ2n) is 6.17. The predicted molar refractivity (Wildman–Crippen MR) is 75.5 cm³/mol. The molecule has 2 unspecified atom stereocenters. The molecule has 2 rings (SSSR count). The van der Waals surface area contributed by atoms with E-state index in [9.17, 15) is 9.59 Å². The van der Waals surface area contributed by atoms with E-state index in [1.807, 2.05) is 0 Å². The summed E-state index contributed by atoms with van der Waals surface area (Å²) in [5.74, 6) is -1.12. The average molecular weight is 283 g/mol. The van der Waals surface area contributed by atoms with Gasteiger partial charge in [0.25, 0.3) is 0 Å². The second kappa shape index (κ2) is 6.43. The SMILES string of the molecule is CC(C)[C@H](NC(=O)NC1CCN2CCCCC12)C(=O)O. The lowest BCUT2D eigenvalue weighted by Gasteiger charge is -2.32. The van der Waals surface area contributed by atoms with Crippen LogP contribution in [0.3, 0.4) is 0 Å². The minimum absolute atomic E-state index is 0.131. The van der Waals surface area contributed by atoms with Gasteiger partial charge < -0.3 is 15.7 Å². The molecule has 6 heteroatoms. The van der Waals surface area contributed by atoms with Gasteiger partial charge >= 0.3 is 12.0 Å². The Kier molecular flexibility index (Phi) is 4.86. The van der Waals surface area contributed by atoms with E-state index in [0.29, 0.717) is 6.04 Å². The van der Waals surface area contributed by atoms with Crippen molar-refractivity contribution in [3.05, 3.63) is 0 Å². The van der Waals surface area contributed by atoms with Crippen molar-refractivity contribution in [1.29, 1.82) is 0 Å². The van der Waals surface area contributed by atoms with E-state index in [0.717, 1.165) is 25.9 Å². The Hall–Kier alpha value is -1.30. The third-order valence-electron chi connectivity index (χ3n) is 4.39. The van der Waals surface area contributed by atoms with Crippen molar-refractivity contribution in [3.63, 3.8) is 0 Å². The number of hydrogen-bond acceptors (Lipinski definition) is 3. The van der Waals surface area contributed by atoms with E-state index in [1.165, 1.54) is 12.8 Å². The highest BCUT2D eigenvalue weighted by atomic mass is 16.4. The molecular weight excluding hydrogens is 258 g/mol. The Morgan fingerprint density at radius 3 is 2.60 bits per heavy atom. The molecule has 2 saturated heterocycles. The van der Waals surface area contributed by atoms with Gasteiger partial charge in [-0.05, 0) is 31.7 Å². The number of nitrogens with zero attached hydrogens (tertiary/aromatic N) is 1. The number of carboxylic acids is 1. The Balaban J connectivity index is 1.86. The van der Waals surface area contributed by atoms with Crippen LogP contribution >= 0.6 is 0 Å². The molecule has 0 aliphatic carbocycles. The summed E-state index contributed by atoms with van der Waals surface area (Å²) >= 11 is 0. The molecule has 3 N–H and O–H groups in total. The van der Waals surface area contributed by atoms with Crippen LogP contribution in [0.5, 0.6) is 0 Å². The summed E-state index contributed by atoms with van der Waals surface area (Å²) < 4.78 is 0. The normalized spacial score (nSPS) is 27.9. The van der Waals surface area contributed by atoms with Crippen LogP contribution in [0.1, 0.15) is 39.5 Å². The molecule has 0 aromatic heterocycles. The number of aliphatic carboxylic acids is 1. The van der Waals surface area contributed by atoms with Gasteiger partial charge in [-0.2, -0.15) is 0 Å². The zero-order chi connectivity index (χ0) is 14.7. The zero-order valence-corrected chi connectivity index (χ0v) is 12.3. The predicted octanol–water partition coefficient (Wildman–Crippen LogP) is 1.02. The first kappa shape index (κ1) is 15.1. The molecule has 2 aliphatic heterocycles. The standard InChI is InChI=1S/C14H25N3O3/c1-9(2)12(13(18)19)16-14(20)15-10-6-8-17-7-4-3-5-11(10)17/h9-12H,3-8H2,1-2H3,(H,18,19)(H2,15,16,20)/t10?,11?,12-/m0/s1. The van der Waals surface area contributed by atoms with Crippen LogP contribution in [-0.4, -0.2) is 53.2 Å². The van der Waals surface area contributed by atoms with Gasteiger partial charge in [-0.1, -0.05) is 20.3 Å². The number of carboxylic acid groups (broad SMARTS) is 1. The highest BCUT2D eigenvalue weighted by molar-refractivity contribution is 5.82. The molecular formula is C14H25N3O3. The summed E-state index contributed by atoms with van der Waals surface area (Å²) in [4.78, 5) is 25.5. The summed E-state index contributed by atoms with van der Waals surface area (Å²) in [5, 5.41) is 14.6. The molecule has 0 aromatic carbocycles. The van der Waals surface area contributed by atoms with E-state index in [-0.39, 0.29) is 18.0 Å². The van der Waals surface area contributed by atoms with Gasteiger partial charge in [-0.25, -0.2) is 9.59 Å². The number of urea groups is 1. The van der Waals surface area contributed by atoms with E-state index in [1.54, 1.807) is 13.8 Å². The summed E-state index contributed by atoms with van der Waals surface area (Å²) in [6, 6.07) is -0.615. The van der Waals surface area contributed by atoms with Crippen LogP contribution in [0, 0.1) is 5.92 Å². The molecule has 2 fully saturated rings. The van der Waals surface area contributed by atoms with E-state index < -0.39 is 12.0 Å². The van der Waals surface area contributed by atoms with Gasteiger partial charge in [-0.3, -0.25) is 4.90 Å².